The predicted octanol–water partition coefficient (Wildman–Crippen LogP) is 3.21. The first-order valence-electron chi connectivity index (χ1n) is 7.17. The maximum atomic E-state index is 10.5. The number of fused-ring (bicyclic) bond motifs is 1. The number of benzene rings is 2. The fraction of sp³-hybridized carbons (Fsp3) is 0.167. The molecule has 1 N–H and O–H groups in total. The molecule has 1 heterocycles. The number of rotatable bonds is 1. The number of hydrogen-bond donors (Lipinski definition) is 1. The Morgan fingerprint density at radius 2 is 1.48 bits per heavy atom. The topological polar surface area (TPSA) is 58.3 Å². The van der Waals surface area contributed by atoms with Crippen molar-refractivity contribution in [2.45, 2.75) is 18.7 Å². The first kappa shape index (κ1) is 17.1. The second kappa shape index (κ2) is 6.89. The number of hydrogen-bond acceptors (Lipinski definition) is 2. The largest absolute Gasteiger partial charge is 0.294 e. The van der Waals surface area contributed by atoms with Crippen LogP contribution < -0.4 is 4.57 Å². The van der Waals surface area contributed by atoms with Crippen LogP contribution in [0.15, 0.2) is 65.6 Å². The Morgan fingerprint density at radius 1 is 0.870 bits per heavy atom. The van der Waals surface area contributed by atoms with E-state index in [-0.39, 0.29) is 4.90 Å². The Hall–Kier alpha value is -2.24. The minimum atomic E-state index is -4.02. The average molecular weight is 330 g/mol. The van der Waals surface area contributed by atoms with Crippen molar-refractivity contribution in [3.63, 3.8) is 0 Å². The molecule has 0 fully saturated rings. The first-order chi connectivity index (χ1) is 10.8. The second-order valence-electron chi connectivity index (χ2n) is 5.38. The van der Waals surface area contributed by atoms with Crippen LogP contribution in [0.25, 0.3) is 10.9 Å². The van der Waals surface area contributed by atoms with E-state index in [4.69, 9.17) is 4.55 Å². The van der Waals surface area contributed by atoms with Crippen molar-refractivity contribution in [1.29, 1.82) is 0 Å². The maximum absolute atomic E-state index is 10.5. The van der Waals surface area contributed by atoms with Crippen LogP contribution in [0.4, 0.5) is 0 Å². The van der Waals surface area contributed by atoms with Crippen LogP contribution in [-0.2, 0) is 17.2 Å². The summed E-state index contributed by atoms with van der Waals surface area (Å²) in [4.78, 5) is -0.0666. The summed E-state index contributed by atoms with van der Waals surface area (Å²) in [5.41, 5.74) is 3.53. The summed E-state index contributed by atoms with van der Waals surface area (Å²) in [6.07, 6.45) is 0. The Balaban J connectivity index is 0.000000168. The van der Waals surface area contributed by atoms with Gasteiger partial charge in [0, 0.05) is 24.4 Å². The minimum absolute atomic E-state index is 0.0666. The van der Waals surface area contributed by atoms with Crippen LogP contribution in [0, 0.1) is 13.8 Å². The van der Waals surface area contributed by atoms with Crippen molar-refractivity contribution in [3.05, 3.63) is 71.9 Å². The molecule has 2 aromatic carbocycles. The molecule has 0 aliphatic carbocycles. The van der Waals surface area contributed by atoms with Gasteiger partial charge >= 0.3 is 0 Å². The van der Waals surface area contributed by atoms with Crippen molar-refractivity contribution in [3.8, 4) is 0 Å². The van der Waals surface area contributed by atoms with E-state index in [1.807, 2.05) is 6.92 Å². The van der Waals surface area contributed by atoms with E-state index in [1.54, 1.807) is 12.1 Å². The summed E-state index contributed by atoms with van der Waals surface area (Å²) in [5, 5.41) is 1.30. The van der Waals surface area contributed by atoms with E-state index in [0.717, 1.165) is 5.56 Å². The van der Waals surface area contributed by atoms with Crippen molar-refractivity contribution in [2.24, 2.45) is 7.05 Å². The molecule has 0 saturated carbocycles. The highest BCUT2D eigenvalue weighted by molar-refractivity contribution is 7.85. The molecule has 0 saturated heterocycles. The molecule has 0 aliphatic heterocycles. The third-order valence-electron chi connectivity index (χ3n) is 3.65. The molecule has 5 heteroatoms. The molecule has 4 nitrogen and oxygen atoms in total. The fourth-order valence-corrected chi connectivity index (χ4v) is 2.64. The normalized spacial score (nSPS) is 11.0. The van der Waals surface area contributed by atoms with Crippen LogP contribution >= 0.6 is 0 Å². The lowest BCUT2D eigenvalue weighted by Crippen LogP contribution is -2.32. The van der Waals surface area contributed by atoms with Crippen LogP contribution in [0.3, 0.4) is 0 Å². The Labute approximate surface area is 136 Å². The number of aromatic nitrogens is 1. The molecule has 3 aromatic rings. The maximum Gasteiger partial charge on any atom is 0.294 e. The highest BCUT2D eigenvalue weighted by Gasteiger charge is 2.07. The molecular weight excluding hydrogens is 310 g/mol. The van der Waals surface area contributed by atoms with Gasteiger partial charge < -0.3 is 0 Å². The molecule has 23 heavy (non-hydrogen) atoms. The zero-order chi connectivity index (χ0) is 17.0. The molecule has 0 amide bonds. The van der Waals surface area contributed by atoms with E-state index in [9.17, 15) is 8.42 Å². The highest BCUT2D eigenvalue weighted by atomic mass is 32.2. The molecule has 0 unspecified atom stereocenters. The number of pyridine rings is 1. The molecule has 0 atom stereocenters. The third-order valence-corrected chi connectivity index (χ3v) is 4.52. The number of nitrogens with zero attached hydrogens (tertiary/aromatic N) is 1. The van der Waals surface area contributed by atoms with Gasteiger partial charge in [0.2, 0.25) is 5.52 Å². The van der Waals surface area contributed by atoms with Gasteiger partial charge in [-0.25, -0.2) is 0 Å². The van der Waals surface area contributed by atoms with Crippen LogP contribution in [-0.4, -0.2) is 13.0 Å². The summed E-state index contributed by atoms with van der Waals surface area (Å²) in [6.45, 7) is 3.96. The van der Waals surface area contributed by atoms with Crippen LogP contribution in [0.5, 0.6) is 0 Å². The Morgan fingerprint density at radius 3 is 2.09 bits per heavy atom. The highest BCUT2D eigenvalue weighted by Crippen LogP contribution is 2.09. The van der Waals surface area contributed by atoms with Crippen LogP contribution in [0.1, 0.15) is 11.3 Å². The lowest BCUT2D eigenvalue weighted by Gasteiger charge is -1.97. The molecule has 0 bridgehead atoms. The Bertz CT molecular complexity index is 917. The minimum Gasteiger partial charge on any atom is -0.282 e. The van der Waals surface area contributed by atoms with Gasteiger partial charge in [-0.05, 0) is 31.2 Å². The van der Waals surface area contributed by atoms with E-state index in [2.05, 4.69) is 54.9 Å². The summed E-state index contributed by atoms with van der Waals surface area (Å²) in [5.74, 6) is 0. The van der Waals surface area contributed by atoms with Crippen molar-refractivity contribution in [1.82, 2.24) is 0 Å². The van der Waals surface area contributed by atoms with Gasteiger partial charge in [0.05, 0.1) is 4.90 Å². The summed E-state index contributed by atoms with van der Waals surface area (Å²) < 4.78 is 31.8. The summed E-state index contributed by atoms with van der Waals surface area (Å²) in [6, 6.07) is 18.7. The van der Waals surface area contributed by atoms with E-state index >= 15 is 0 Å². The molecule has 120 valence electrons. The van der Waals surface area contributed by atoms with Gasteiger partial charge in [0.1, 0.15) is 7.05 Å². The SMILES string of the molecule is Cc1ccc(S(=O)(=O)O)cc1.Cc1ccc2ccccc2[n+]1C. The van der Waals surface area contributed by atoms with Crippen molar-refractivity contribution < 1.29 is 17.5 Å². The monoisotopic (exact) mass is 330 g/mol. The van der Waals surface area contributed by atoms with E-state index < -0.39 is 10.1 Å². The van der Waals surface area contributed by atoms with Gasteiger partial charge in [-0.2, -0.15) is 13.0 Å². The standard InChI is InChI=1S/C11H12N.C7H8O3S/c1-9-7-8-10-5-3-4-6-11(10)12(9)2;1-6-2-4-7(5-3-6)11(8,9)10/h3-8H,1-2H3;2-5H,1H3,(H,8,9,10)/q+1;. The first-order valence-corrected chi connectivity index (χ1v) is 8.61. The third kappa shape index (κ3) is 4.37. The predicted molar refractivity (Wildman–Crippen MR) is 90.9 cm³/mol. The van der Waals surface area contributed by atoms with Gasteiger partial charge in [-0.3, -0.25) is 4.55 Å². The van der Waals surface area contributed by atoms with Gasteiger partial charge in [-0.15, -0.1) is 0 Å². The quantitative estimate of drug-likeness (QED) is 0.550. The molecule has 0 spiro atoms. The molecule has 0 aliphatic rings. The fourth-order valence-electron chi connectivity index (χ4n) is 2.16. The Kier molecular flexibility index (Phi) is 5.13. The van der Waals surface area contributed by atoms with Gasteiger partial charge in [-0.1, -0.05) is 29.8 Å². The summed E-state index contributed by atoms with van der Waals surface area (Å²) in [7, 11) is -1.92. The van der Waals surface area contributed by atoms with Gasteiger partial charge in [0.15, 0.2) is 5.69 Å². The number of aryl methyl sites for hydroxylation is 3. The molecule has 1 aromatic heterocycles. The summed E-state index contributed by atoms with van der Waals surface area (Å²) >= 11 is 0. The zero-order valence-corrected chi connectivity index (χ0v) is 14.2. The molecule has 0 radical (unpaired) electrons. The number of para-hydroxylation sites is 1. The lowest BCUT2D eigenvalue weighted by molar-refractivity contribution is -0.651. The smallest absolute Gasteiger partial charge is 0.282 e. The second-order valence-corrected chi connectivity index (χ2v) is 6.80. The lowest BCUT2D eigenvalue weighted by atomic mass is 10.2. The molecule has 3 rings (SSSR count). The van der Waals surface area contributed by atoms with Crippen molar-refractivity contribution >= 4 is 21.0 Å². The van der Waals surface area contributed by atoms with Crippen molar-refractivity contribution in [2.75, 3.05) is 0 Å². The zero-order valence-electron chi connectivity index (χ0n) is 13.4. The average Bonchev–Trinajstić information content (AvgIpc) is 2.51. The van der Waals surface area contributed by atoms with E-state index in [0.29, 0.717) is 0 Å². The van der Waals surface area contributed by atoms with E-state index in [1.165, 1.54) is 28.7 Å². The van der Waals surface area contributed by atoms with Crippen LogP contribution in [0.2, 0.25) is 0 Å². The van der Waals surface area contributed by atoms with Gasteiger partial charge in [0.25, 0.3) is 10.1 Å². The molecular formula is C18H20NO3S+.